The van der Waals surface area contributed by atoms with Crippen molar-refractivity contribution in [3.05, 3.63) is 29.8 Å². The van der Waals surface area contributed by atoms with Crippen molar-refractivity contribution in [1.29, 1.82) is 5.26 Å². The summed E-state index contributed by atoms with van der Waals surface area (Å²) in [6, 6.07) is 9.05. The van der Waals surface area contributed by atoms with Crippen LogP contribution in [0.15, 0.2) is 24.3 Å². The van der Waals surface area contributed by atoms with Crippen molar-refractivity contribution >= 4 is 0 Å². The summed E-state index contributed by atoms with van der Waals surface area (Å²) in [6.07, 6.45) is 0. The van der Waals surface area contributed by atoms with Gasteiger partial charge in [0, 0.05) is 5.54 Å². The van der Waals surface area contributed by atoms with E-state index < -0.39 is 11.6 Å². The lowest BCUT2D eigenvalue weighted by Crippen LogP contribution is -2.44. The van der Waals surface area contributed by atoms with E-state index in [4.69, 9.17) is 10.00 Å². The van der Waals surface area contributed by atoms with Crippen LogP contribution in [0.5, 0.6) is 5.75 Å². The molecule has 0 amide bonds. The zero-order valence-electron chi connectivity index (χ0n) is 10.4. The standard InChI is InChI=1S/C13H18N2O2/c1-13(2,9-16)15-12(8-14)10-4-6-11(17-3)7-5-10/h4-7,12,15-16H,9H2,1-3H3. The Balaban J connectivity index is 2.84. The lowest BCUT2D eigenvalue weighted by atomic mass is 10.0. The maximum Gasteiger partial charge on any atom is 0.121 e. The third-order valence-corrected chi connectivity index (χ3v) is 2.51. The van der Waals surface area contributed by atoms with Gasteiger partial charge in [-0.05, 0) is 31.5 Å². The van der Waals surface area contributed by atoms with Crippen molar-refractivity contribution in [2.75, 3.05) is 13.7 Å². The van der Waals surface area contributed by atoms with Crippen LogP contribution in [-0.4, -0.2) is 24.4 Å². The molecule has 1 rings (SSSR count). The molecule has 0 spiro atoms. The van der Waals surface area contributed by atoms with E-state index in [0.717, 1.165) is 11.3 Å². The Kier molecular flexibility index (Phi) is 4.50. The van der Waals surface area contributed by atoms with Crippen LogP contribution < -0.4 is 10.1 Å². The Morgan fingerprint density at radius 2 is 2.00 bits per heavy atom. The first kappa shape index (κ1) is 13.5. The summed E-state index contributed by atoms with van der Waals surface area (Å²) >= 11 is 0. The zero-order chi connectivity index (χ0) is 12.9. The van der Waals surface area contributed by atoms with Crippen LogP contribution in [0.1, 0.15) is 25.5 Å². The second-order valence-electron chi connectivity index (χ2n) is 4.52. The van der Waals surface area contributed by atoms with Gasteiger partial charge in [-0.2, -0.15) is 5.26 Å². The highest BCUT2D eigenvalue weighted by atomic mass is 16.5. The number of hydrogen-bond donors (Lipinski definition) is 2. The van der Waals surface area contributed by atoms with E-state index in [2.05, 4.69) is 11.4 Å². The topological polar surface area (TPSA) is 65.3 Å². The van der Waals surface area contributed by atoms with E-state index in [1.807, 2.05) is 38.1 Å². The van der Waals surface area contributed by atoms with E-state index >= 15 is 0 Å². The number of aliphatic hydroxyl groups excluding tert-OH is 1. The van der Waals surface area contributed by atoms with E-state index in [1.165, 1.54) is 0 Å². The number of methoxy groups -OCH3 is 1. The molecule has 0 aliphatic rings. The summed E-state index contributed by atoms with van der Waals surface area (Å²) in [5, 5.41) is 21.4. The maximum absolute atomic E-state index is 9.18. The molecule has 1 atom stereocenters. The summed E-state index contributed by atoms with van der Waals surface area (Å²) in [5.41, 5.74) is 0.371. The smallest absolute Gasteiger partial charge is 0.121 e. The SMILES string of the molecule is COc1ccc(C(C#N)NC(C)(C)CO)cc1. The van der Waals surface area contributed by atoms with E-state index in [9.17, 15) is 5.11 Å². The normalized spacial score (nSPS) is 12.9. The second kappa shape index (κ2) is 5.67. The van der Waals surface area contributed by atoms with Crippen molar-refractivity contribution in [1.82, 2.24) is 5.32 Å². The van der Waals surface area contributed by atoms with Crippen LogP contribution in [0.4, 0.5) is 0 Å². The quantitative estimate of drug-likeness (QED) is 0.812. The fourth-order valence-corrected chi connectivity index (χ4v) is 1.42. The van der Waals surface area contributed by atoms with E-state index in [0.29, 0.717) is 0 Å². The van der Waals surface area contributed by atoms with Crippen LogP contribution in [-0.2, 0) is 0 Å². The average Bonchev–Trinajstić information content (AvgIpc) is 2.36. The highest BCUT2D eigenvalue weighted by Gasteiger charge is 2.22. The molecule has 2 N–H and O–H groups in total. The minimum absolute atomic E-state index is 0.0265. The minimum atomic E-state index is -0.486. The Morgan fingerprint density at radius 3 is 2.41 bits per heavy atom. The van der Waals surface area contributed by atoms with Crippen molar-refractivity contribution < 1.29 is 9.84 Å². The second-order valence-corrected chi connectivity index (χ2v) is 4.52. The van der Waals surface area contributed by atoms with Crippen molar-refractivity contribution in [3.8, 4) is 11.8 Å². The van der Waals surface area contributed by atoms with Gasteiger partial charge in [0.15, 0.2) is 0 Å². The van der Waals surface area contributed by atoms with Crippen molar-refractivity contribution in [3.63, 3.8) is 0 Å². The van der Waals surface area contributed by atoms with Crippen LogP contribution in [0.2, 0.25) is 0 Å². The molecule has 0 bridgehead atoms. The first-order valence-corrected chi connectivity index (χ1v) is 5.44. The Bertz CT molecular complexity index is 393. The highest BCUT2D eigenvalue weighted by molar-refractivity contribution is 5.31. The zero-order valence-corrected chi connectivity index (χ0v) is 10.4. The average molecular weight is 234 g/mol. The molecule has 0 saturated heterocycles. The molecule has 1 aromatic rings. The molecular weight excluding hydrogens is 216 g/mol. The van der Waals surface area contributed by atoms with Gasteiger partial charge in [0.1, 0.15) is 11.8 Å². The van der Waals surface area contributed by atoms with Gasteiger partial charge in [0.2, 0.25) is 0 Å². The number of ether oxygens (including phenoxy) is 1. The first-order chi connectivity index (χ1) is 8.02. The van der Waals surface area contributed by atoms with Crippen LogP contribution >= 0.6 is 0 Å². The van der Waals surface area contributed by atoms with Gasteiger partial charge < -0.3 is 9.84 Å². The Labute approximate surface area is 102 Å². The number of aliphatic hydroxyl groups is 1. The predicted molar refractivity (Wildman–Crippen MR) is 65.6 cm³/mol. The molecule has 0 aromatic heterocycles. The monoisotopic (exact) mass is 234 g/mol. The lowest BCUT2D eigenvalue weighted by Gasteiger charge is -2.27. The lowest BCUT2D eigenvalue weighted by molar-refractivity contribution is 0.182. The largest absolute Gasteiger partial charge is 0.497 e. The summed E-state index contributed by atoms with van der Waals surface area (Å²) in [5.74, 6) is 0.756. The van der Waals surface area contributed by atoms with Gasteiger partial charge in [-0.15, -0.1) is 0 Å². The van der Waals surface area contributed by atoms with Crippen molar-refractivity contribution in [2.45, 2.75) is 25.4 Å². The fourth-order valence-electron chi connectivity index (χ4n) is 1.42. The summed E-state index contributed by atoms with van der Waals surface area (Å²) in [4.78, 5) is 0. The van der Waals surface area contributed by atoms with Crippen LogP contribution in [0, 0.1) is 11.3 Å². The molecule has 0 heterocycles. The molecule has 92 valence electrons. The maximum atomic E-state index is 9.18. The number of nitrogens with zero attached hydrogens (tertiary/aromatic N) is 1. The van der Waals surface area contributed by atoms with E-state index in [1.54, 1.807) is 7.11 Å². The third-order valence-electron chi connectivity index (χ3n) is 2.51. The number of rotatable bonds is 5. The molecule has 4 nitrogen and oxygen atoms in total. The Morgan fingerprint density at radius 1 is 1.41 bits per heavy atom. The number of hydrogen-bond acceptors (Lipinski definition) is 4. The van der Waals surface area contributed by atoms with Gasteiger partial charge in [0.25, 0.3) is 0 Å². The van der Waals surface area contributed by atoms with Gasteiger partial charge in [-0.3, -0.25) is 5.32 Å². The summed E-state index contributed by atoms with van der Waals surface area (Å²) in [6.45, 7) is 3.67. The Hall–Kier alpha value is -1.57. The molecule has 0 radical (unpaired) electrons. The van der Waals surface area contributed by atoms with E-state index in [-0.39, 0.29) is 6.61 Å². The fraction of sp³-hybridized carbons (Fsp3) is 0.462. The van der Waals surface area contributed by atoms with Crippen LogP contribution in [0.25, 0.3) is 0 Å². The summed E-state index contributed by atoms with van der Waals surface area (Å²) in [7, 11) is 1.60. The molecule has 0 fully saturated rings. The van der Waals surface area contributed by atoms with Gasteiger partial charge in [-0.1, -0.05) is 12.1 Å². The minimum Gasteiger partial charge on any atom is -0.497 e. The first-order valence-electron chi connectivity index (χ1n) is 5.44. The molecule has 0 aliphatic heterocycles. The van der Waals surface area contributed by atoms with Crippen LogP contribution in [0.3, 0.4) is 0 Å². The summed E-state index contributed by atoms with van der Waals surface area (Å²) < 4.78 is 5.06. The molecule has 4 heteroatoms. The van der Waals surface area contributed by atoms with Crippen molar-refractivity contribution in [2.24, 2.45) is 0 Å². The predicted octanol–water partition coefficient (Wildman–Crippen LogP) is 1.62. The number of benzene rings is 1. The number of nitrogens with one attached hydrogen (secondary N) is 1. The molecule has 0 saturated carbocycles. The number of nitriles is 1. The van der Waals surface area contributed by atoms with Gasteiger partial charge >= 0.3 is 0 Å². The molecule has 1 aromatic carbocycles. The van der Waals surface area contributed by atoms with Gasteiger partial charge in [-0.25, -0.2) is 0 Å². The molecule has 1 unspecified atom stereocenters. The van der Waals surface area contributed by atoms with Gasteiger partial charge in [0.05, 0.1) is 19.8 Å². The third kappa shape index (κ3) is 3.74. The molecule has 17 heavy (non-hydrogen) atoms. The molecular formula is C13H18N2O2. The highest BCUT2D eigenvalue weighted by Crippen LogP contribution is 2.19. The molecule has 0 aliphatic carbocycles.